The molecule has 158 valence electrons. The van der Waals surface area contributed by atoms with E-state index in [9.17, 15) is 9.59 Å². The third-order valence-electron chi connectivity index (χ3n) is 6.33. The summed E-state index contributed by atoms with van der Waals surface area (Å²) in [5, 5.41) is 5.83. The Balaban J connectivity index is 1.72. The van der Waals surface area contributed by atoms with E-state index in [1.54, 1.807) is 6.20 Å². The van der Waals surface area contributed by atoms with Crippen molar-refractivity contribution >= 4 is 16.7 Å². The molecule has 0 unspecified atom stereocenters. The van der Waals surface area contributed by atoms with Crippen LogP contribution in [0.2, 0.25) is 0 Å². The van der Waals surface area contributed by atoms with Gasteiger partial charge in [0.25, 0.3) is 5.56 Å². The molecule has 0 saturated carbocycles. The highest BCUT2D eigenvalue weighted by Crippen LogP contribution is 2.27. The summed E-state index contributed by atoms with van der Waals surface area (Å²) >= 11 is 0. The van der Waals surface area contributed by atoms with E-state index in [1.165, 1.54) is 4.68 Å². The van der Waals surface area contributed by atoms with E-state index in [0.717, 1.165) is 55.2 Å². The van der Waals surface area contributed by atoms with Crippen molar-refractivity contribution in [2.75, 3.05) is 32.7 Å². The largest absolute Gasteiger partial charge is 0.338 e. The van der Waals surface area contributed by atoms with Gasteiger partial charge in [0.15, 0.2) is 0 Å². The normalized spacial score (nSPS) is 16.2. The van der Waals surface area contributed by atoms with E-state index in [-0.39, 0.29) is 17.5 Å². The molecular formula is C23H29N5O2. The lowest BCUT2D eigenvalue weighted by Crippen LogP contribution is -2.50. The maximum absolute atomic E-state index is 13.3. The second-order valence-electron chi connectivity index (χ2n) is 7.96. The molecule has 1 fully saturated rings. The number of aromatic nitrogens is 3. The van der Waals surface area contributed by atoms with Gasteiger partial charge in [-0.3, -0.25) is 9.59 Å². The van der Waals surface area contributed by atoms with E-state index < -0.39 is 0 Å². The number of likely N-dealkylation sites (N-methyl/N-ethyl adjacent to an activating group) is 1. The fourth-order valence-electron chi connectivity index (χ4n) is 4.57. The first-order valence-corrected chi connectivity index (χ1v) is 10.6. The Morgan fingerprint density at radius 2 is 1.73 bits per heavy atom. The van der Waals surface area contributed by atoms with Crippen molar-refractivity contribution in [2.45, 2.75) is 33.7 Å². The maximum Gasteiger partial charge on any atom is 0.281 e. The Hall–Kier alpha value is -2.93. The van der Waals surface area contributed by atoms with Crippen LogP contribution >= 0.6 is 0 Å². The van der Waals surface area contributed by atoms with E-state index in [1.807, 2.05) is 60.6 Å². The second kappa shape index (κ2) is 8.07. The lowest BCUT2D eigenvalue weighted by atomic mass is 10.2. The number of hydrogen-bond acceptors (Lipinski definition) is 4. The van der Waals surface area contributed by atoms with Crippen molar-refractivity contribution in [2.24, 2.45) is 0 Å². The topological polar surface area (TPSA) is 63.4 Å². The van der Waals surface area contributed by atoms with Crippen LogP contribution < -0.4 is 5.56 Å². The minimum absolute atomic E-state index is 0.105. The molecule has 1 saturated heterocycles. The highest BCUT2D eigenvalue weighted by atomic mass is 16.2. The highest BCUT2D eigenvalue weighted by molar-refractivity contribution is 5.89. The van der Waals surface area contributed by atoms with Crippen LogP contribution in [0.5, 0.6) is 0 Å². The third-order valence-corrected chi connectivity index (χ3v) is 6.33. The van der Waals surface area contributed by atoms with Gasteiger partial charge < -0.3 is 14.4 Å². The summed E-state index contributed by atoms with van der Waals surface area (Å²) in [5.41, 5.74) is 2.29. The molecule has 0 N–H and O–H groups in total. The Kier molecular flexibility index (Phi) is 5.47. The molecule has 1 amide bonds. The van der Waals surface area contributed by atoms with Crippen LogP contribution in [0.1, 0.15) is 31.3 Å². The molecule has 1 aliphatic heterocycles. The summed E-state index contributed by atoms with van der Waals surface area (Å²) in [6.45, 7) is 12.3. The summed E-state index contributed by atoms with van der Waals surface area (Å²) in [5.74, 6) is 0.105. The molecule has 0 spiro atoms. The van der Waals surface area contributed by atoms with Gasteiger partial charge in [0, 0.05) is 43.0 Å². The van der Waals surface area contributed by atoms with Crippen LogP contribution in [0.4, 0.5) is 0 Å². The van der Waals surface area contributed by atoms with Crippen molar-refractivity contribution in [3.05, 3.63) is 58.3 Å². The average molecular weight is 408 g/mol. The zero-order valence-electron chi connectivity index (χ0n) is 18.1. The van der Waals surface area contributed by atoms with Gasteiger partial charge in [0.1, 0.15) is 6.04 Å². The summed E-state index contributed by atoms with van der Waals surface area (Å²) in [7, 11) is 0. The molecule has 1 aromatic carbocycles. The van der Waals surface area contributed by atoms with Gasteiger partial charge in [-0.2, -0.15) is 9.78 Å². The first-order valence-electron chi connectivity index (χ1n) is 10.6. The molecule has 0 bridgehead atoms. The van der Waals surface area contributed by atoms with Crippen LogP contribution in [-0.2, 0) is 4.79 Å². The van der Waals surface area contributed by atoms with E-state index in [0.29, 0.717) is 5.39 Å². The van der Waals surface area contributed by atoms with E-state index in [2.05, 4.69) is 16.9 Å². The van der Waals surface area contributed by atoms with Gasteiger partial charge >= 0.3 is 0 Å². The van der Waals surface area contributed by atoms with E-state index in [4.69, 9.17) is 0 Å². The van der Waals surface area contributed by atoms with Crippen molar-refractivity contribution in [1.29, 1.82) is 0 Å². The van der Waals surface area contributed by atoms with Gasteiger partial charge in [0.05, 0.1) is 17.3 Å². The van der Waals surface area contributed by atoms with Crippen LogP contribution in [0.25, 0.3) is 16.5 Å². The lowest BCUT2D eigenvalue weighted by molar-refractivity contribution is -0.136. The summed E-state index contributed by atoms with van der Waals surface area (Å²) in [6.07, 6.45) is 1.74. The predicted octanol–water partition coefficient (Wildman–Crippen LogP) is 2.53. The number of fused-ring (bicyclic) bond motifs is 1. The molecule has 7 nitrogen and oxygen atoms in total. The Bertz CT molecular complexity index is 1120. The molecule has 1 atom stereocenters. The summed E-state index contributed by atoms with van der Waals surface area (Å²) in [6, 6.07) is 9.04. The van der Waals surface area contributed by atoms with Gasteiger partial charge in [-0.05, 0) is 39.4 Å². The minimum atomic E-state index is -0.366. The number of benzene rings is 1. The van der Waals surface area contributed by atoms with Crippen molar-refractivity contribution in [3.8, 4) is 5.69 Å². The summed E-state index contributed by atoms with van der Waals surface area (Å²) in [4.78, 5) is 30.8. The molecule has 4 rings (SSSR count). The van der Waals surface area contributed by atoms with Crippen molar-refractivity contribution in [1.82, 2.24) is 24.1 Å². The molecule has 3 aromatic rings. The second-order valence-corrected chi connectivity index (χ2v) is 7.96. The molecule has 0 radical (unpaired) electrons. The number of piperazine rings is 1. The Labute approximate surface area is 176 Å². The predicted molar refractivity (Wildman–Crippen MR) is 118 cm³/mol. The monoisotopic (exact) mass is 407 g/mol. The Morgan fingerprint density at radius 1 is 1.07 bits per heavy atom. The fourth-order valence-corrected chi connectivity index (χ4v) is 4.57. The number of carbonyl (C=O) groups is 1. The minimum Gasteiger partial charge on any atom is -0.338 e. The third kappa shape index (κ3) is 3.33. The first-order chi connectivity index (χ1) is 14.4. The molecule has 0 aliphatic carbocycles. The van der Waals surface area contributed by atoms with Gasteiger partial charge in [0.2, 0.25) is 5.91 Å². The highest BCUT2D eigenvalue weighted by Gasteiger charge is 2.28. The number of hydrogen-bond donors (Lipinski definition) is 0. The summed E-state index contributed by atoms with van der Waals surface area (Å²) < 4.78 is 3.42. The smallest absolute Gasteiger partial charge is 0.281 e. The van der Waals surface area contributed by atoms with Gasteiger partial charge in [-0.15, -0.1) is 0 Å². The molecule has 2 aromatic heterocycles. The maximum atomic E-state index is 13.3. The number of amides is 1. The number of aryl methyl sites for hydroxylation is 2. The van der Waals surface area contributed by atoms with Gasteiger partial charge in [-0.25, -0.2) is 0 Å². The SMILES string of the molecule is CCN1CCN(C(=O)[C@H](C)n2c(C)c3cnn(-c4ccccc4)c(=O)c3c2C)CC1. The molecule has 1 aliphatic rings. The molecule has 3 heterocycles. The van der Waals surface area contributed by atoms with Crippen LogP contribution in [0.15, 0.2) is 41.3 Å². The fraction of sp³-hybridized carbons (Fsp3) is 0.435. The Morgan fingerprint density at radius 3 is 2.37 bits per heavy atom. The number of para-hydroxylation sites is 1. The number of nitrogens with zero attached hydrogens (tertiary/aromatic N) is 5. The zero-order chi connectivity index (χ0) is 21.4. The van der Waals surface area contributed by atoms with E-state index >= 15 is 0 Å². The molecular weight excluding hydrogens is 378 g/mol. The quantitative estimate of drug-likeness (QED) is 0.667. The van der Waals surface area contributed by atoms with Crippen LogP contribution in [0, 0.1) is 13.8 Å². The zero-order valence-corrected chi connectivity index (χ0v) is 18.1. The molecule has 30 heavy (non-hydrogen) atoms. The average Bonchev–Trinajstić information content (AvgIpc) is 3.04. The molecule has 7 heteroatoms. The lowest BCUT2D eigenvalue weighted by Gasteiger charge is -2.36. The standard InChI is InChI=1S/C23H29N5O2/c1-5-25-11-13-26(14-12-25)22(29)18(4)27-16(2)20-15-24-28(19-9-7-6-8-10-19)23(30)21(20)17(27)3/h6-10,15,18H,5,11-14H2,1-4H3/t18-/m0/s1. The van der Waals surface area contributed by atoms with Crippen molar-refractivity contribution in [3.63, 3.8) is 0 Å². The van der Waals surface area contributed by atoms with Crippen LogP contribution in [0.3, 0.4) is 0 Å². The number of carbonyl (C=O) groups excluding carboxylic acids is 1. The number of rotatable bonds is 4. The van der Waals surface area contributed by atoms with Gasteiger partial charge in [-0.1, -0.05) is 25.1 Å². The van der Waals surface area contributed by atoms with Crippen molar-refractivity contribution < 1.29 is 4.79 Å². The first kappa shape index (κ1) is 20.3. The van der Waals surface area contributed by atoms with Crippen LogP contribution in [-0.4, -0.2) is 62.8 Å².